The first kappa shape index (κ1) is 19.4. The minimum Gasteiger partial charge on any atom is -0.508 e. The summed E-state index contributed by atoms with van der Waals surface area (Å²) < 4.78 is 5.52. The van der Waals surface area contributed by atoms with E-state index in [1.807, 2.05) is 18.3 Å². The van der Waals surface area contributed by atoms with Crippen molar-refractivity contribution in [2.24, 2.45) is 0 Å². The van der Waals surface area contributed by atoms with Gasteiger partial charge in [0.15, 0.2) is 0 Å². The van der Waals surface area contributed by atoms with Crippen molar-refractivity contribution >= 4 is 0 Å². The first-order valence-electron chi connectivity index (χ1n) is 10.3. The van der Waals surface area contributed by atoms with Gasteiger partial charge < -0.3 is 14.7 Å². The van der Waals surface area contributed by atoms with E-state index in [1.165, 1.54) is 12.0 Å². The smallest absolute Gasteiger partial charge is 0.116 e. The van der Waals surface area contributed by atoms with Gasteiger partial charge in [-0.3, -0.25) is 9.88 Å². The number of phenolic OH excluding ortho intramolecular Hbond substituents is 1. The average Bonchev–Trinajstić information content (AvgIpc) is 3.17. The molecule has 2 fully saturated rings. The largest absolute Gasteiger partial charge is 0.508 e. The lowest BCUT2D eigenvalue weighted by Crippen LogP contribution is -2.55. The highest BCUT2D eigenvalue weighted by molar-refractivity contribution is 5.61. The van der Waals surface area contributed by atoms with Crippen LogP contribution in [0.5, 0.6) is 5.75 Å². The Morgan fingerprint density at radius 3 is 2.75 bits per heavy atom. The third kappa shape index (κ3) is 4.37. The molecule has 2 aliphatic rings. The standard InChI is InChI=1S/C23H31N3O2/c1-23(2,26-10-12-28-13-11-26)17-25-9-7-20(16-25)18-6-8-24-22(15-18)19-4-3-5-21(27)14-19/h3-6,8,14-15,20,27H,7,9-13,16-17H2,1-2H3. The number of ether oxygens (including phenoxy) is 1. The van der Waals surface area contributed by atoms with E-state index in [9.17, 15) is 5.11 Å². The lowest BCUT2D eigenvalue weighted by Gasteiger charge is -2.43. The summed E-state index contributed by atoms with van der Waals surface area (Å²) in [7, 11) is 0. The Hall–Kier alpha value is -1.95. The quantitative estimate of drug-likeness (QED) is 0.861. The van der Waals surface area contributed by atoms with Gasteiger partial charge in [-0.1, -0.05) is 12.1 Å². The fourth-order valence-corrected chi connectivity index (χ4v) is 4.59. The molecule has 2 aliphatic heterocycles. The van der Waals surface area contributed by atoms with E-state index in [2.05, 4.69) is 40.8 Å². The second kappa shape index (κ2) is 8.19. The van der Waals surface area contributed by atoms with Crippen LogP contribution in [0.25, 0.3) is 11.3 Å². The monoisotopic (exact) mass is 381 g/mol. The summed E-state index contributed by atoms with van der Waals surface area (Å²) in [5, 5.41) is 9.76. The maximum absolute atomic E-state index is 9.76. The molecule has 150 valence electrons. The number of hydrogen-bond donors (Lipinski definition) is 1. The lowest BCUT2D eigenvalue weighted by molar-refractivity contribution is -0.0197. The number of aromatic hydroxyl groups is 1. The van der Waals surface area contributed by atoms with Gasteiger partial charge in [0.05, 0.1) is 18.9 Å². The van der Waals surface area contributed by atoms with Gasteiger partial charge in [-0.05, 0) is 62.6 Å². The molecule has 3 heterocycles. The fourth-order valence-electron chi connectivity index (χ4n) is 4.59. The number of phenols is 1. The molecule has 5 heteroatoms. The third-order valence-electron chi connectivity index (χ3n) is 6.15. The molecule has 0 amide bonds. The van der Waals surface area contributed by atoms with Gasteiger partial charge in [0.1, 0.15) is 5.75 Å². The first-order valence-corrected chi connectivity index (χ1v) is 10.3. The van der Waals surface area contributed by atoms with Crippen LogP contribution in [0.15, 0.2) is 42.6 Å². The van der Waals surface area contributed by atoms with Gasteiger partial charge in [-0.15, -0.1) is 0 Å². The molecule has 1 aromatic carbocycles. The Morgan fingerprint density at radius 2 is 1.96 bits per heavy atom. The summed E-state index contributed by atoms with van der Waals surface area (Å²) in [5.74, 6) is 0.821. The number of benzene rings is 1. The van der Waals surface area contributed by atoms with Crippen molar-refractivity contribution in [1.29, 1.82) is 0 Å². The first-order chi connectivity index (χ1) is 13.5. The molecule has 5 nitrogen and oxygen atoms in total. The average molecular weight is 382 g/mol. The predicted octanol–water partition coefficient (Wildman–Crippen LogP) is 3.35. The Morgan fingerprint density at radius 1 is 1.14 bits per heavy atom. The third-order valence-corrected chi connectivity index (χ3v) is 6.15. The van der Waals surface area contributed by atoms with Crippen molar-refractivity contribution in [3.63, 3.8) is 0 Å². The van der Waals surface area contributed by atoms with Crippen LogP contribution in [0.3, 0.4) is 0 Å². The SMILES string of the molecule is CC(C)(CN1CCC(c2ccnc(-c3cccc(O)c3)c2)C1)N1CCOCC1. The summed E-state index contributed by atoms with van der Waals surface area (Å²) in [6.45, 7) is 11.8. The van der Waals surface area contributed by atoms with E-state index in [4.69, 9.17) is 4.74 Å². The normalized spacial score (nSPS) is 21.9. The molecule has 0 aliphatic carbocycles. The molecule has 1 aromatic heterocycles. The van der Waals surface area contributed by atoms with Crippen LogP contribution in [0.4, 0.5) is 0 Å². The molecule has 1 unspecified atom stereocenters. The van der Waals surface area contributed by atoms with E-state index in [1.54, 1.807) is 12.1 Å². The van der Waals surface area contributed by atoms with Crippen LogP contribution < -0.4 is 0 Å². The maximum atomic E-state index is 9.76. The van der Waals surface area contributed by atoms with Crippen molar-refractivity contribution in [2.45, 2.75) is 31.7 Å². The van der Waals surface area contributed by atoms with Gasteiger partial charge in [0, 0.05) is 43.5 Å². The van der Waals surface area contributed by atoms with Crippen LogP contribution in [0.2, 0.25) is 0 Å². The zero-order chi connectivity index (χ0) is 19.6. The predicted molar refractivity (Wildman–Crippen MR) is 112 cm³/mol. The van der Waals surface area contributed by atoms with E-state index in [-0.39, 0.29) is 11.3 Å². The van der Waals surface area contributed by atoms with Crippen LogP contribution in [0, 0.1) is 0 Å². The van der Waals surface area contributed by atoms with E-state index in [0.29, 0.717) is 5.92 Å². The van der Waals surface area contributed by atoms with E-state index in [0.717, 1.165) is 57.2 Å². The molecule has 1 atom stereocenters. The molecular weight excluding hydrogens is 350 g/mol. The molecule has 28 heavy (non-hydrogen) atoms. The number of likely N-dealkylation sites (tertiary alicyclic amines) is 1. The second-order valence-electron chi connectivity index (χ2n) is 8.66. The van der Waals surface area contributed by atoms with Gasteiger partial charge in [0.2, 0.25) is 0 Å². The van der Waals surface area contributed by atoms with Crippen molar-refractivity contribution in [2.75, 3.05) is 45.9 Å². The molecule has 0 spiro atoms. The molecular formula is C23H31N3O2. The number of pyridine rings is 1. The van der Waals surface area contributed by atoms with Crippen molar-refractivity contribution in [3.8, 4) is 17.0 Å². The summed E-state index contributed by atoms with van der Waals surface area (Å²) in [6.07, 6.45) is 3.08. The van der Waals surface area contributed by atoms with Gasteiger partial charge in [0.25, 0.3) is 0 Å². The molecule has 0 saturated carbocycles. The molecule has 4 rings (SSSR count). The number of hydrogen-bond acceptors (Lipinski definition) is 5. The summed E-state index contributed by atoms with van der Waals surface area (Å²) in [5.41, 5.74) is 3.41. The van der Waals surface area contributed by atoms with Crippen molar-refractivity contribution < 1.29 is 9.84 Å². The zero-order valence-electron chi connectivity index (χ0n) is 17.0. The lowest BCUT2D eigenvalue weighted by atomic mass is 9.97. The highest BCUT2D eigenvalue weighted by Crippen LogP contribution is 2.31. The molecule has 0 radical (unpaired) electrons. The van der Waals surface area contributed by atoms with Gasteiger partial charge in [-0.25, -0.2) is 0 Å². The van der Waals surface area contributed by atoms with Crippen LogP contribution in [0.1, 0.15) is 31.7 Å². The molecule has 2 saturated heterocycles. The summed E-state index contributed by atoms with van der Waals surface area (Å²) >= 11 is 0. The number of morpholine rings is 1. The minimum atomic E-state index is 0.170. The Kier molecular flexibility index (Phi) is 5.67. The van der Waals surface area contributed by atoms with Crippen LogP contribution in [-0.4, -0.2) is 71.4 Å². The van der Waals surface area contributed by atoms with Gasteiger partial charge in [-0.2, -0.15) is 0 Å². The highest BCUT2D eigenvalue weighted by Gasteiger charge is 2.33. The molecule has 0 bridgehead atoms. The molecule has 2 aromatic rings. The van der Waals surface area contributed by atoms with Crippen molar-refractivity contribution in [3.05, 3.63) is 48.2 Å². The van der Waals surface area contributed by atoms with Crippen LogP contribution in [-0.2, 0) is 4.74 Å². The second-order valence-corrected chi connectivity index (χ2v) is 8.66. The van der Waals surface area contributed by atoms with E-state index < -0.39 is 0 Å². The Balaban J connectivity index is 1.42. The molecule has 1 N–H and O–H groups in total. The zero-order valence-corrected chi connectivity index (χ0v) is 17.0. The highest BCUT2D eigenvalue weighted by atomic mass is 16.5. The Bertz CT molecular complexity index is 802. The number of aromatic nitrogens is 1. The Labute approximate surface area is 168 Å². The minimum absolute atomic E-state index is 0.170. The number of rotatable bonds is 5. The summed E-state index contributed by atoms with van der Waals surface area (Å²) in [4.78, 5) is 9.69. The fraction of sp³-hybridized carbons (Fsp3) is 0.522. The topological polar surface area (TPSA) is 48.8 Å². The maximum Gasteiger partial charge on any atom is 0.116 e. The number of nitrogens with zero attached hydrogens (tertiary/aromatic N) is 3. The van der Waals surface area contributed by atoms with Crippen LogP contribution >= 0.6 is 0 Å². The summed E-state index contributed by atoms with van der Waals surface area (Å²) in [6, 6.07) is 11.7. The van der Waals surface area contributed by atoms with Gasteiger partial charge >= 0.3 is 0 Å². The van der Waals surface area contributed by atoms with Crippen molar-refractivity contribution in [1.82, 2.24) is 14.8 Å². The van der Waals surface area contributed by atoms with E-state index >= 15 is 0 Å².